The molecule has 1 aromatic carbocycles. The molecule has 0 radical (unpaired) electrons. The van der Waals surface area contributed by atoms with Crippen molar-refractivity contribution in [2.45, 2.75) is 38.3 Å². The molecular formula is C31H33FN2O11. The molecule has 1 saturated carbocycles. The van der Waals surface area contributed by atoms with Gasteiger partial charge in [0.05, 0.1) is 30.4 Å². The highest BCUT2D eigenvalue weighted by Crippen LogP contribution is 2.53. The van der Waals surface area contributed by atoms with E-state index in [-0.39, 0.29) is 48.3 Å². The summed E-state index contributed by atoms with van der Waals surface area (Å²) in [6, 6.07) is 1.24. The van der Waals surface area contributed by atoms with Crippen molar-refractivity contribution in [2.75, 3.05) is 27.3 Å². The molecule has 0 bridgehead atoms. The smallest absolute Gasteiger partial charge is 0.367 e. The second kappa shape index (κ2) is 12.3. The third-order valence-electron chi connectivity index (χ3n) is 8.22. The number of aliphatic hydroxyl groups excluding tert-OH is 2. The number of carbonyl (C=O) groups excluding carboxylic acids is 5. The Bertz CT molecular complexity index is 1640. The van der Waals surface area contributed by atoms with Crippen molar-refractivity contribution < 1.29 is 58.3 Å². The average molecular weight is 629 g/mol. The number of rotatable bonds is 8. The van der Waals surface area contributed by atoms with E-state index in [0.29, 0.717) is 6.08 Å². The molecule has 0 saturated heterocycles. The summed E-state index contributed by atoms with van der Waals surface area (Å²) in [4.78, 5) is 65.4. The third kappa shape index (κ3) is 5.40. The van der Waals surface area contributed by atoms with Crippen LogP contribution in [-0.2, 0) is 39.9 Å². The average Bonchev–Trinajstić information content (AvgIpc) is 2.95. The van der Waals surface area contributed by atoms with Crippen LogP contribution < -0.4 is 5.73 Å². The molecule has 0 unspecified atom stereocenters. The molecule has 13 nitrogen and oxygen atoms in total. The highest BCUT2D eigenvalue weighted by atomic mass is 19.1. The molecule has 6 N–H and O–H groups in total. The zero-order chi connectivity index (χ0) is 33.5. The molecule has 0 aliphatic heterocycles. The Balaban J connectivity index is 1.93. The Morgan fingerprint density at radius 3 is 2.29 bits per heavy atom. The van der Waals surface area contributed by atoms with E-state index in [0.717, 1.165) is 6.07 Å². The number of nitrogens with zero attached hydrogens (tertiary/aromatic N) is 1. The van der Waals surface area contributed by atoms with Gasteiger partial charge in [0.15, 0.2) is 11.4 Å². The number of amides is 1. The van der Waals surface area contributed by atoms with Crippen LogP contribution in [-0.4, -0.2) is 93.7 Å². The zero-order valence-electron chi connectivity index (χ0n) is 24.9. The zero-order valence-corrected chi connectivity index (χ0v) is 24.9. The molecule has 45 heavy (non-hydrogen) atoms. The molecule has 4 atom stereocenters. The van der Waals surface area contributed by atoms with Crippen molar-refractivity contribution in [3.8, 4) is 5.75 Å². The third-order valence-corrected chi connectivity index (χ3v) is 8.22. The molecule has 0 heterocycles. The van der Waals surface area contributed by atoms with Gasteiger partial charge in [-0.25, -0.2) is 9.59 Å². The fourth-order valence-electron chi connectivity index (χ4n) is 6.34. The monoisotopic (exact) mass is 628 g/mol. The number of hydrogen-bond donors (Lipinski definition) is 5. The molecule has 1 amide bonds. The number of ketones is 2. The van der Waals surface area contributed by atoms with Crippen LogP contribution in [0, 0.1) is 11.8 Å². The number of ether oxygens (including phenoxy) is 2. The number of nitrogens with two attached hydrogens (primary N) is 1. The maximum absolute atomic E-state index is 14.6. The number of halogens is 1. The number of Topliss-reactive ketones (excluding diaryl/α,β-unsaturated/α-hetero) is 2. The Morgan fingerprint density at radius 2 is 1.71 bits per heavy atom. The summed E-state index contributed by atoms with van der Waals surface area (Å²) < 4.78 is 24.3. The van der Waals surface area contributed by atoms with Crippen LogP contribution in [0.2, 0.25) is 0 Å². The van der Waals surface area contributed by atoms with Crippen LogP contribution in [0.15, 0.2) is 46.5 Å². The minimum atomic E-state index is -2.80. The highest BCUT2D eigenvalue weighted by Gasteiger charge is 2.64. The Kier molecular flexibility index (Phi) is 9.03. The predicted octanol–water partition coefficient (Wildman–Crippen LogP) is 1.33. The first-order valence-electron chi connectivity index (χ1n) is 14.0. The van der Waals surface area contributed by atoms with Crippen LogP contribution in [0.25, 0.3) is 11.8 Å². The summed E-state index contributed by atoms with van der Waals surface area (Å²) in [6.07, 6.45) is 1.56. The fraction of sp³-hybridized carbons (Fsp3) is 0.387. The molecule has 3 aliphatic carbocycles. The van der Waals surface area contributed by atoms with Gasteiger partial charge in [-0.2, -0.15) is 4.39 Å². The van der Waals surface area contributed by atoms with Crippen molar-refractivity contribution in [3.05, 3.63) is 63.2 Å². The Labute approximate surface area is 256 Å². The second-order valence-electron chi connectivity index (χ2n) is 11.0. The van der Waals surface area contributed by atoms with Gasteiger partial charge in [0, 0.05) is 11.5 Å². The summed E-state index contributed by atoms with van der Waals surface area (Å²) in [6.45, 7) is 2.79. The summed E-state index contributed by atoms with van der Waals surface area (Å²) in [5, 5.41) is 44.8. The number of aliphatic hydroxyl groups is 3. The van der Waals surface area contributed by atoms with E-state index in [4.69, 9.17) is 10.5 Å². The van der Waals surface area contributed by atoms with Gasteiger partial charge in [0.1, 0.15) is 22.8 Å². The summed E-state index contributed by atoms with van der Waals surface area (Å²) in [7, 11) is 2.96. The van der Waals surface area contributed by atoms with E-state index in [1.807, 2.05) is 0 Å². The number of primary amides is 1. The van der Waals surface area contributed by atoms with E-state index in [1.54, 1.807) is 0 Å². The lowest BCUT2D eigenvalue weighted by molar-refractivity contribution is -0.153. The molecule has 240 valence electrons. The van der Waals surface area contributed by atoms with E-state index < -0.39 is 87.1 Å². The number of benzene rings is 1. The van der Waals surface area contributed by atoms with Crippen molar-refractivity contribution in [1.82, 2.24) is 4.90 Å². The van der Waals surface area contributed by atoms with Crippen LogP contribution in [0.3, 0.4) is 0 Å². The van der Waals surface area contributed by atoms with Crippen LogP contribution >= 0.6 is 0 Å². The van der Waals surface area contributed by atoms with Crippen molar-refractivity contribution in [1.29, 1.82) is 0 Å². The van der Waals surface area contributed by atoms with Crippen molar-refractivity contribution in [2.24, 2.45) is 17.6 Å². The lowest BCUT2D eigenvalue weighted by Gasteiger charge is -2.50. The Morgan fingerprint density at radius 1 is 1.09 bits per heavy atom. The predicted molar refractivity (Wildman–Crippen MR) is 155 cm³/mol. The number of carbonyl (C=O) groups is 5. The molecule has 1 fully saturated rings. The van der Waals surface area contributed by atoms with Gasteiger partial charge >= 0.3 is 11.9 Å². The molecule has 14 heteroatoms. The van der Waals surface area contributed by atoms with Gasteiger partial charge in [-0.15, -0.1) is 0 Å². The summed E-state index contributed by atoms with van der Waals surface area (Å²) in [5.41, 5.74) is 0.992. The van der Waals surface area contributed by atoms with Gasteiger partial charge in [-0.3, -0.25) is 19.3 Å². The lowest BCUT2D eigenvalue weighted by Crippen LogP contribution is -2.65. The van der Waals surface area contributed by atoms with Gasteiger partial charge in [0.2, 0.25) is 11.6 Å². The van der Waals surface area contributed by atoms with E-state index in [2.05, 4.69) is 4.74 Å². The van der Waals surface area contributed by atoms with E-state index in [9.17, 15) is 48.8 Å². The minimum Gasteiger partial charge on any atom is -0.508 e. The van der Waals surface area contributed by atoms with Crippen LogP contribution in [0.4, 0.5) is 4.39 Å². The molecule has 0 aromatic heterocycles. The number of hydrogen-bond acceptors (Lipinski definition) is 12. The van der Waals surface area contributed by atoms with Gasteiger partial charge in [0.25, 0.3) is 5.91 Å². The SMILES string of the molecule is CCOC(=O)/C(F)=C/C(=C/c1ccc(O)c2c1C[C@H]1C[C@H]3[C@H](N(C)C)C(=O)C(C(N)=O)=C(O)[C@@]3(O)C(=O)C1=C2O)C(=O)OCC. The first-order valence-corrected chi connectivity index (χ1v) is 14.0. The van der Waals surface area contributed by atoms with Crippen molar-refractivity contribution >= 4 is 41.2 Å². The standard InChI is InChI=1S/C31H33FN2O11/c1-5-44-29(41)15(12-18(32)30(42)45-6-2)9-13-7-8-19(35)21-16(13)10-14-11-17-23(34(3)4)25(37)22(28(33)40)27(39)31(17,43)26(38)20(14)24(21)36/h7-9,12,14,17,23,35-36,39,43H,5-6,10-11H2,1-4H3,(H2,33,40)/b15-9-,18-12-/t14-,17-,23-,31-/m0/s1. The second-order valence-corrected chi connectivity index (χ2v) is 11.0. The Hall–Kier alpha value is -4.82. The number of phenols is 1. The molecule has 1 aromatic rings. The van der Waals surface area contributed by atoms with Gasteiger partial charge in [-0.05, 0) is 76.0 Å². The normalized spacial score (nSPS) is 25.1. The quantitative estimate of drug-likeness (QED) is 0.119. The summed E-state index contributed by atoms with van der Waals surface area (Å²) in [5.74, 6) is -11.7. The molecule has 4 rings (SSSR count). The van der Waals surface area contributed by atoms with E-state index >= 15 is 0 Å². The molecule has 0 spiro atoms. The van der Waals surface area contributed by atoms with Crippen LogP contribution in [0.1, 0.15) is 37.0 Å². The van der Waals surface area contributed by atoms with Crippen LogP contribution in [0.5, 0.6) is 5.75 Å². The minimum absolute atomic E-state index is 0.0788. The number of esters is 2. The maximum atomic E-state index is 14.6. The number of likely N-dealkylation sites (N-methyl/N-ethyl adjacent to an activating group) is 1. The number of fused-ring (bicyclic) bond motifs is 3. The number of phenolic OH excluding ortho intramolecular Hbond substituents is 1. The molecular weight excluding hydrogens is 595 g/mol. The largest absolute Gasteiger partial charge is 0.508 e. The lowest BCUT2D eigenvalue weighted by atomic mass is 9.57. The van der Waals surface area contributed by atoms with Gasteiger partial charge < -0.3 is 35.6 Å². The van der Waals surface area contributed by atoms with Gasteiger partial charge in [-0.1, -0.05) is 6.07 Å². The fourth-order valence-corrected chi connectivity index (χ4v) is 6.34. The maximum Gasteiger partial charge on any atom is 0.367 e. The summed E-state index contributed by atoms with van der Waals surface area (Å²) >= 11 is 0. The first-order chi connectivity index (χ1) is 21.1. The van der Waals surface area contributed by atoms with E-state index in [1.165, 1.54) is 45.0 Å². The first kappa shape index (κ1) is 33.1. The highest BCUT2D eigenvalue weighted by molar-refractivity contribution is 6.24. The topological polar surface area (TPSA) is 214 Å². The number of aromatic hydroxyl groups is 1. The molecule has 3 aliphatic rings. The van der Waals surface area contributed by atoms with Crippen molar-refractivity contribution in [3.63, 3.8) is 0 Å².